The van der Waals surface area contributed by atoms with Crippen molar-refractivity contribution in [2.24, 2.45) is 5.92 Å². The number of hydrogen-bond acceptors (Lipinski definition) is 4. The van der Waals surface area contributed by atoms with E-state index in [1.165, 1.54) is 23.9 Å². The number of imidazole rings is 1. The van der Waals surface area contributed by atoms with Crippen molar-refractivity contribution >= 4 is 23.7 Å². The van der Waals surface area contributed by atoms with Crippen LogP contribution in [0.25, 0.3) is 11.3 Å². The average Bonchev–Trinajstić information content (AvgIpc) is 3.00. The number of thioether (sulfide) groups is 1. The molecule has 0 radical (unpaired) electrons. The van der Waals surface area contributed by atoms with Crippen LogP contribution < -0.4 is 10.6 Å². The number of carbonyl (C=O) groups is 2. The highest BCUT2D eigenvalue weighted by Gasteiger charge is 2.10. The number of aromatic nitrogens is 2. The van der Waals surface area contributed by atoms with Crippen LogP contribution in [0.15, 0.2) is 35.6 Å². The van der Waals surface area contributed by atoms with Crippen LogP contribution in [0, 0.1) is 11.7 Å². The molecule has 0 aliphatic carbocycles. The Morgan fingerprint density at radius 3 is 2.67 bits per heavy atom. The molecule has 3 N–H and O–H groups in total. The summed E-state index contributed by atoms with van der Waals surface area (Å²) in [6.07, 6.45) is 1.61. The van der Waals surface area contributed by atoms with Crippen LogP contribution in [-0.2, 0) is 4.79 Å². The van der Waals surface area contributed by atoms with Crippen LogP contribution in [0.1, 0.15) is 13.8 Å². The maximum atomic E-state index is 12.9. The molecule has 0 aliphatic rings. The van der Waals surface area contributed by atoms with E-state index >= 15 is 0 Å². The molecule has 128 valence electrons. The number of hydrogen-bond donors (Lipinski definition) is 3. The van der Waals surface area contributed by atoms with Crippen LogP contribution in [0.2, 0.25) is 0 Å². The van der Waals surface area contributed by atoms with E-state index in [0.717, 1.165) is 11.3 Å². The molecule has 2 aromatic rings. The van der Waals surface area contributed by atoms with Crippen molar-refractivity contribution in [2.75, 3.05) is 12.3 Å². The van der Waals surface area contributed by atoms with E-state index in [1.54, 1.807) is 18.3 Å². The molecule has 1 heterocycles. The highest BCUT2D eigenvalue weighted by atomic mass is 32.2. The minimum Gasteiger partial charge on any atom is -0.338 e. The number of imide groups is 1. The van der Waals surface area contributed by atoms with Gasteiger partial charge in [-0.05, 0) is 35.7 Å². The van der Waals surface area contributed by atoms with Gasteiger partial charge >= 0.3 is 6.03 Å². The summed E-state index contributed by atoms with van der Waals surface area (Å²) < 4.78 is 12.9. The van der Waals surface area contributed by atoms with Crippen molar-refractivity contribution in [1.82, 2.24) is 20.6 Å². The normalized spacial score (nSPS) is 10.7. The van der Waals surface area contributed by atoms with Gasteiger partial charge in [-0.15, -0.1) is 0 Å². The molecule has 0 saturated heterocycles. The molecule has 0 spiro atoms. The Hall–Kier alpha value is -2.35. The molecule has 1 aromatic heterocycles. The molecule has 2 rings (SSSR count). The van der Waals surface area contributed by atoms with Crippen LogP contribution in [0.4, 0.5) is 9.18 Å². The summed E-state index contributed by atoms with van der Waals surface area (Å²) >= 11 is 1.18. The van der Waals surface area contributed by atoms with Crippen molar-refractivity contribution in [3.05, 3.63) is 36.3 Å². The largest absolute Gasteiger partial charge is 0.338 e. The van der Waals surface area contributed by atoms with Gasteiger partial charge < -0.3 is 10.3 Å². The van der Waals surface area contributed by atoms with Gasteiger partial charge in [-0.3, -0.25) is 10.1 Å². The summed E-state index contributed by atoms with van der Waals surface area (Å²) in [6, 6.07) is 5.52. The molecule has 3 amide bonds. The third-order valence-electron chi connectivity index (χ3n) is 2.97. The minimum atomic E-state index is -0.499. The molecule has 0 fully saturated rings. The maximum absolute atomic E-state index is 12.9. The molecule has 0 saturated carbocycles. The summed E-state index contributed by atoms with van der Waals surface area (Å²) in [7, 11) is 0. The standard InChI is InChI=1S/C16H19FN4O2S/c1-10(2)7-18-15(23)21-14(22)9-24-16-19-8-13(20-16)11-3-5-12(17)6-4-11/h3-6,8,10H,7,9H2,1-2H3,(H,19,20)(H2,18,21,22,23). The fourth-order valence-electron chi connectivity index (χ4n) is 1.79. The van der Waals surface area contributed by atoms with Gasteiger partial charge in [0.05, 0.1) is 17.6 Å². The van der Waals surface area contributed by atoms with Crippen molar-refractivity contribution in [2.45, 2.75) is 19.0 Å². The van der Waals surface area contributed by atoms with E-state index in [2.05, 4.69) is 20.6 Å². The second-order valence-corrected chi connectivity index (χ2v) is 6.51. The molecule has 1 aromatic carbocycles. The van der Waals surface area contributed by atoms with Crippen LogP contribution in [-0.4, -0.2) is 34.2 Å². The number of nitrogens with zero attached hydrogens (tertiary/aromatic N) is 1. The first-order valence-corrected chi connectivity index (χ1v) is 8.44. The van der Waals surface area contributed by atoms with Crippen molar-refractivity contribution < 1.29 is 14.0 Å². The van der Waals surface area contributed by atoms with Crippen molar-refractivity contribution in [1.29, 1.82) is 0 Å². The van der Waals surface area contributed by atoms with Gasteiger partial charge in [-0.25, -0.2) is 14.2 Å². The SMILES string of the molecule is CC(C)CNC(=O)NC(=O)CSc1ncc(-c2ccc(F)cc2)[nH]1. The first-order chi connectivity index (χ1) is 11.4. The van der Waals surface area contributed by atoms with Crippen LogP contribution >= 0.6 is 11.8 Å². The fourth-order valence-corrected chi connectivity index (χ4v) is 2.44. The number of urea groups is 1. The number of amides is 3. The summed E-state index contributed by atoms with van der Waals surface area (Å²) in [5.74, 6) is -0.333. The highest BCUT2D eigenvalue weighted by Crippen LogP contribution is 2.21. The van der Waals surface area contributed by atoms with Gasteiger partial charge in [0.15, 0.2) is 5.16 Å². The molecule has 0 unspecified atom stereocenters. The number of H-pyrrole nitrogens is 1. The Morgan fingerprint density at radius 2 is 2.00 bits per heavy atom. The van der Waals surface area contributed by atoms with E-state index < -0.39 is 11.9 Å². The van der Waals surface area contributed by atoms with Crippen molar-refractivity contribution in [3.63, 3.8) is 0 Å². The Bertz CT molecular complexity index is 700. The van der Waals surface area contributed by atoms with Gasteiger partial charge in [0, 0.05) is 6.54 Å². The topological polar surface area (TPSA) is 86.9 Å². The third kappa shape index (κ3) is 5.69. The van der Waals surface area contributed by atoms with Gasteiger partial charge in [0.25, 0.3) is 0 Å². The first-order valence-electron chi connectivity index (χ1n) is 7.45. The van der Waals surface area contributed by atoms with Gasteiger partial charge in [-0.1, -0.05) is 25.6 Å². The van der Waals surface area contributed by atoms with E-state index in [-0.39, 0.29) is 11.6 Å². The average molecular weight is 350 g/mol. The van der Waals surface area contributed by atoms with Crippen molar-refractivity contribution in [3.8, 4) is 11.3 Å². The predicted molar refractivity (Wildman–Crippen MR) is 91.1 cm³/mol. The smallest absolute Gasteiger partial charge is 0.321 e. The molecule has 8 heteroatoms. The second-order valence-electron chi connectivity index (χ2n) is 5.55. The number of rotatable bonds is 6. The molecule has 24 heavy (non-hydrogen) atoms. The fraction of sp³-hybridized carbons (Fsp3) is 0.312. The van der Waals surface area contributed by atoms with Gasteiger partial charge in [0.1, 0.15) is 5.82 Å². The zero-order chi connectivity index (χ0) is 17.5. The van der Waals surface area contributed by atoms with E-state index in [1.807, 2.05) is 13.8 Å². The van der Waals surface area contributed by atoms with Gasteiger partial charge in [-0.2, -0.15) is 0 Å². The zero-order valence-electron chi connectivity index (χ0n) is 13.4. The molecule has 6 nitrogen and oxygen atoms in total. The van der Waals surface area contributed by atoms with Gasteiger partial charge in [0.2, 0.25) is 5.91 Å². The first kappa shape index (κ1) is 18.0. The monoisotopic (exact) mass is 350 g/mol. The maximum Gasteiger partial charge on any atom is 0.321 e. The molecular formula is C16H19FN4O2S. The Labute approximate surface area is 143 Å². The number of benzene rings is 1. The Morgan fingerprint density at radius 1 is 1.29 bits per heavy atom. The molecular weight excluding hydrogens is 331 g/mol. The third-order valence-corrected chi connectivity index (χ3v) is 3.86. The minimum absolute atomic E-state index is 0.0610. The van der Waals surface area contributed by atoms with Crippen LogP contribution in [0.3, 0.4) is 0 Å². The van der Waals surface area contributed by atoms with E-state index in [9.17, 15) is 14.0 Å². The quantitative estimate of drug-likeness (QED) is 0.699. The lowest BCUT2D eigenvalue weighted by Gasteiger charge is -2.08. The summed E-state index contributed by atoms with van der Waals surface area (Å²) in [6.45, 7) is 4.44. The number of nitrogens with one attached hydrogen (secondary N) is 3. The second kappa shape index (κ2) is 8.49. The Balaban J connectivity index is 1.81. The number of halogens is 1. The van der Waals surface area contributed by atoms with E-state index in [4.69, 9.17) is 0 Å². The number of aromatic amines is 1. The lowest BCUT2D eigenvalue weighted by Crippen LogP contribution is -2.41. The summed E-state index contributed by atoms with van der Waals surface area (Å²) in [5, 5.41) is 5.41. The lowest BCUT2D eigenvalue weighted by atomic mass is 10.2. The Kier molecular flexibility index (Phi) is 6.36. The molecule has 0 aliphatic heterocycles. The predicted octanol–water partition coefficient (Wildman–Crippen LogP) is 2.79. The summed E-state index contributed by atoms with van der Waals surface area (Å²) in [5.41, 5.74) is 1.53. The molecule has 0 bridgehead atoms. The number of carbonyl (C=O) groups excluding carboxylic acids is 2. The highest BCUT2D eigenvalue weighted by molar-refractivity contribution is 7.99. The summed E-state index contributed by atoms with van der Waals surface area (Å²) in [4.78, 5) is 30.4. The lowest BCUT2D eigenvalue weighted by molar-refractivity contribution is -0.117. The van der Waals surface area contributed by atoms with E-state index in [0.29, 0.717) is 17.6 Å². The molecule has 0 atom stereocenters. The van der Waals surface area contributed by atoms with Crippen LogP contribution in [0.5, 0.6) is 0 Å². The zero-order valence-corrected chi connectivity index (χ0v) is 14.2.